The number of hydrogen-bond acceptors (Lipinski definition) is 7. The Balaban J connectivity index is 2.12. The third-order valence-electron chi connectivity index (χ3n) is 4.48. The molecule has 0 saturated carbocycles. The molecule has 35 heavy (non-hydrogen) atoms. The standard InChI is InChI=1S/C25H31N3O7/c1-25(2,3)35-24(32)28-20(27-23(31)34-16-18-13-9-6-10-14-18)21(29)26-19(22(30)33-4)15-17-11-7-5-8-12-17/h5-14,19-20H,15-16H2,1-4H3,(H,26,29)(H,27,31)(H,28,32)/t19-,20-/m0/s1. The van der Waals surface area contributed by atoms with Crippen molar-refractivity contribution in [3.8, 4) is 0 Å². The molecule has 3 N–H and O–H groups in total. The van der Waals surface area contributed by atoms with Gasteiger partial charge in [0.2, 0.25) is 0 Å². The number of benzene rings is 2. The molecule has 0 aliphatic carbocycles. The van der Waals surface area contributed by atoms with Gasteiger partial charge < -0.3 is 19.5 Å². The molecular formula is C25H31N3O7. The van der Waals surface area contributed by atoms with Gasteiger partial charge in [-0.15, -0.1) is 0 Å². The number of alkyl carbamates (subject to hydrolysis) is 2. The van der Waals surface area contributed by atoms with E-state index in [-0.39, 0.29) is 13.0 Å². The molecule has 3 amide bonds. The summed E-state index contributed by atoms with van der Waals surface area (Å²) in [7, 11) is 1.20. The molecule has 0 aromatic heterocycles. The summed E-state index contributed by atoms with van der Waals surface area (Å²) < 4.78 is 15.1. The van der Waals surface area contributed by atoms with Gasteiger partial charge in [0.1, 0.15) is 18.2 Å². The van der Waals surface area contributed by atoms with Gasteiger partial charge in [0.15, 0.2) is 6.17 Å². The minimum Gasteiger partial charge on any atom is -0.467 e. The van der Waals surface area contributed by atoms with Gasteiger partial charge in [0, 0.05) is 6.42 Å². The van der Waals surface area contributed by atoms with Crippen LogP contribution in [0.4, 0.5) is 9.59 Å². The van der Waals surface area contributed by atoms with Crippen LogP contribution in [0.1, 0.15) is 31.9 Å². The lowest BCUT2D eigenvalue weighted by Crippen LogP contribution is -2.60. The van der Waals surface area contributed by atoms with E-state index >= 15 is 0 Å². The van der Waals surface area contributed by atoms with Crippen molar-refractivity contribution in [2.45, 2.75) is 51.6 Å². The van der Waals surface area contributed by atoms with Crippen molar-refractivity contribution in [2.24, 2.45) is 0 Å². The molecule has 0 heterocycles. The molecule has 0 saturated heterocycles. The van der Waals surface area contributed by atoms with E-state index in [4.69, 9.17) is 14.2 Å². The second-order valence-electron chi connectivity index (χ2n) is 8.56. The van der Waals surface area contributed by atoms with Crippen LogP contribution in [0.25, 0.3) is 0 Å². The SMILES string of the molecule is COC(=O)[C@H](Cc1ccccc1)NC(=O)[C@@H](NC(=O)OCc1ccccc1)NC(=O)OC(C)(C)C. The number of rotatable bonds is 9. The highest BCUT2D eigenvalue weighted by Crippen LogP contribution is 2.08. The number of carbonyl (C=O) groups excluding carboxylic acids is 4. The number of methoxy groups -OCH3 is 1. The molecule has 188 valence electrons. The Morgan fingerprint density at radius 1 is 0.800 bits per heavy atom. The summed E-state index contributed by atoms with van der Waals surface area (Å²) in [6, 6.07) is 16.8. The van der Waals surface area contributed by atoms with Crippen LogP contribution >= 0.6 is 0 Å². The van der Waals surface area contributed by atoms with Crippen molar-refractivity contribution in [3.63, 3.8) is 0 Å². The zero-order chi connectivity index (χ0) is 25.8. The molecule has 0 bridgehead atoms. The molecule has 0 spiro atoms. The predicted molar refractivity (Wildman–Crippen MR) is 127 cm³/mol. The Bertz CT molecular complexity index is 991. The van der Waals surface area contributed by atoms with Crippen molar-refractivity contribution in [1.29, 1.82) is 0 Å². The van der Waals surface area contributed by atoms with Crippen LogP contribution in [0.15, 0.2) is 60.7 Å². The third-order valence-corrected chi connectivity index (χ3v) is 4.48. The zero-order valence-corrected chi connectivity index (χ0v) is 20.2. The van der Waals surface area contributed by atoms with Crippen molar-refractivity contribution < 1.29 is 33.4 Å². The summed E-state index contributed by atoms with van der Waals surface area (Å²) in [4.78, 5) is 50.0. The summed E-state index contributed by atoms with van der Waals surface area (Å²) in [5.74, 6) is -1.55. The van der Waals surface area contributed by atoms with E-state index in [9.17, 15) is 19.2 Å². The number of ether oxygens (including phenoxy) is 3. The molecule has 2 atom stereocenters. The highest BCUT2D eigenvalue weighted by atomic mass is 16.6. The van der Waals surface area contributed by atoms with Crippen LogP contribution in [-0.4, -0.2) is 49.0 Å². The Hall–Kier alpha value is -4.08. The lowest BCUT2D eigenvalue weighted by atomic mass is 10.1. The van der Waals surface area contributed by atoms with Crippen LogP contribution in [0.2, 0.25) is 0 Å². The molecule has 0 fully saturated rings. The summed E-state index contributed by atoms with van der Waals surface area (Å²) >= 11 is 0. The van der Waals surface area contributed by atoms with Gasteiger partial charge in [0.25, 0.3) is 5.91 Å². The van der Waals surface area contributed by atoms with E-state index in [1.165, 1.54) is 7.11 Å². The van der Waals surface area contributed by atoms with E-state index in [1.807, 2.05) is 12.1 Å². The summed E-state index contributed by atoms with van der Waals surface area (Å²) in [5.41, 5.74) is 0.660. The van der Waals surface area contributed by atoms with Crippen LogP contribution in [0.5, 0.6) is 0 Å². The number of esters is 1. The van der Waals surface area contributed by atoms with Crippen molar-refractivity contribution in [2.75, 3.05) is 7.11 Å². The van der Waals surface area contributed by atoms with E-state index in [1.54, 1.807) is 69.3 Å². The molecule has 2 aromatic rings. The maximum absolute atomic E-state index is 13.0. The van der Waals surface area contributed by atoms with E-state index < -0.39 is 41.9 Å². The fraction of sp³-hybridized carbons (Fsp3) is 0.360. The molecule has 0 aliphatic heterocycles. The van der Waals surface area contributed by atoms with Crippen LogP contribution in [-0.2, 0) is 36.8 Å². The largest absolute Gasteiger partial charge is 0.467 e. The molecule has 2 aromatic carbocycles. The van der Waals surface area contributed by atoms with Gasteiger partial charge in [-0.25, -0.2) is 14.4 Å². The molecule has 0 unspecified atom stereocenters. The Morgan fingerprint density at radius 3 is 1.89 bits per heavy atom. The quantitative estimate of drug-likeness (QED) is 0.283. The smallest absolute Gasteiger partial charge is 0.409 e. The Morgan fingerprint density at radius 2 is 1.34 bits per heavy atom. The molecule has 2 rings (SSSR count). The Labute approximate surface area is 204 Å². The summed E-state index contributed by atoms with van der Waals surface area (Å²) in [6.07, 6.45) is -3.35. The van der Waals surface area contributed by atoms with Crippen molar-refractivity contribution >= 4 is 24.1 Å². The first-order valence-corrected chi connectivity index (χ1v) is 11.0. The van der Waals surface area contributed by atoms with Crippen LogP contribution in [0.3, 0.4) is 0 Å². The van der Waals surface area contributed by atoms with Crippen LogP contribution < -0.4 is 16.0 Å². The van der Waals surface area contributed by atoms with Gasteiger partial charge in [-0.05, 0) is 31.9 Å². The fourth-order valence-corrected chi connectivity index (χ4v) is 2.92. The maximum Gasteiger partial charge on any atom is 0.409 e. The predicted octanol–water partition coefficient (Wildman–Crippen LogP) is 2.66. The van der Waals surface area contributed by atoms with E-state index in [2.05, 4.69) is 16.0 Å². The second kappa shape index (κ2) is 13.0. The highest BCUT2D eigenvalue weighted by Gasteiger charge is 2.30. The molecule has 10 heteroatoms. The molecular weight excluding hydrogens is 454 g/mol. The van der Waals surface area contributed by atoms with Gasteiger partial charge in [0.05, 0.1) is 7.11 Å². The zero-order valence-electron chi connectivity index (χ0n) is 20.2. The number of hydrogen-bond donors (Lipinski definition) is 3. The summed E-state index contributed by atoms with van der Waals surface area (Å²) in [5, 5.41) is 7.09. The topological polar surface area (TPSA) is 132 Å². The first-order valence-electron chi connectivity index (χ1n) is 11.0. The van der Waals surface area contributed by atoms with Gasteiger partial charge >= 0.3 is 18.2 Å². The number of amides is 3. The third kappa shape index (κ3) is 10.2. The van der Waals surface area contributed by atoms with E-state index in [0.29, 0.717) is 0 Å². The molecule has 10 nitrogen and oxygen atoms in total. The second-order valence-corrected chi connectivity index (χ2v) is 8.56. The minimum atomic E-state index is -1.59. The highest BCUT2D eigenvalue weighted by molar-refractivity contribution is 5.91. The van der Waals surface area contributed by atoms with E-state index in [0.717, 1.165) is 11.1 Å². The first kappa shape index (κ1) is 27.2. The molecule has 0 aliphatic rings. The maximum atomic E-state index is 13.0. The molecule has 0 radical (unpaired) electrons. The number of carbonyl (C=O) groups is 4. The van der Waals surface area contributed by atoms with Crippen molar-refractivity contribution in [1.82, 2.24) is 16.0 Å². The first-order chi connectivity index (χ1) is 16.6. The number of nitrogens with one attached hydrogen (secondary N) is 3. The summed E-state index contributed by atoms with van der Waals surface area (Å²) in [6.45, 7) is 4.90. The Kier molecular flexibility index (Phi) is 10.1. The van der Waals surface area contributed by atoms with Gasteiger partial charge in [-0.2, -0.15) is 0 Å². The fourth-order valence-electron chi connectivity index (χ4n) is 2.92. The average molecular weight is 486 g/mol. The average Bonchev–Trinajstić information content (AvgIpc) is 2.81. The normalized spacial score (nSPS) is 12.5. The van der Waals surface area contributed by atoms with Gasteiger partial charge in [-0.3, -0.25) is 15.4 Å². The monoisotopic (exact) mass is 485 g/mol. The van der Waals surface area contributed by atoms with Gasteiger partial charge in [-0.1, -0.05) is 60.7 Å². The van der Waals surface area contributed by atoms with Crippen LogP contribution in [0, 0.1) is 0 Å². The lowest BCUT2D eigenvalue weighted by molar-refractivity contribution is -0.145. The lowest BCUT2D eigenvalue weighted by Gasteiger charge is -2.25. The minimum absolute atomic E-state index is 0.0494. The van der Waals surface area contributed by atoms with Crippen molar-refractivity contribution in [3.05, 3.63) is 71.8 Å².